The first-order valence-electron chi connectivity index (χ1n) is 8.16. The van der Waals surface area contributed by atoms with Gasteiger partial charge in [-0.15, -0.1) is 10.2 Å². The van der Waals surface area contributed by atoms with Crippen molar-refractivity contribution in [2.45, 2.75) is 17.4 Å². The van der Waals surface area contributed by atoms with Gasteiger partial charge in [0.2, 0.25) is 18.6 Å². The SMILES string of the molecule is CC(Sc1nnc(-c2ccc3c(c2)OCO3)o1)C(=O)Nc1ccc(F)cc1Cl. The van der Waals surface area contributed by atoms with Crippen LogP contribution in [0.15, 0.2) is 46.0 Å². The fraction of sp³-hybridized carbons (Fsp3) is 0.167. The molecule has 0 saturated carbocycles. The molecule has 28 heavy (non-hydrogen) atoms. The maximum atomic E-state index is 13.1. The number of carbonyl (C=O) groups is 1. The Kier molecular flexibility index (Phi) is 5.10. The lowest BCUT2D eigenvalue weighted by molar-refractivity contribution is -0.115. The fourth-order valence-electron chi connectivity index (χ4n) is 2.43. The number of fused-ring (bicyclic) bond motifs is 1. The van der Waals surface area contributed by atoms with E-state index < -0.39 is 11.1 Å². The standard InChI is InChI=1S/C18H13ClFN3O4S/c1-9(16(24)21-13-4-3-11(20)7-12(13)19)28-18-23-22-17(27-18)10-2-5-14-15(6-10)26-8-25-14/h2-7,9H,8H2,1H3,(H,21,24). The van der Waals surface area contributed by atoms with Crippen molar-refractivity contribution in [3.63, 3.8) is 0 Å². The van der Waals surface area contributed by atoms with Gasteiger partial charge in [0.05, 0.1) is 16.0 Å². The summed E-state index contributed by atoms with van der Waals surface area (Å²) in [5, 5.41) is 10.4. The van der Waals surface area contributed by atoms with E-state index in [1.807, 2.05) is 0 Å². The second-order valence-electron chi connectivity index (χ2n) is 5.81. The first-order valence-corrected chi connectivity index (χ1v) is 9.41. The quantitative estimate of drug-likeness (QED) is 0.612. The van der Waals surface area contributed by atoms with Gasteiger partial charge < -0.3 is 19.2 Å². The molecule has 1 atom stereocenters. The highest BCUT2D eigenvalue weighted by Gasteiger charge is 2.21. The number of thioether (sulfide) groups is 1. The van der Waals surface area contributed by atoms with Gasteiger partial charge in [-0.05, 0) is 43.3 Å². The van der Waals surface area contributed by atoms with E-state index in [1.54, 1.807) is 25.1 Å². The van der Waals surface area contributed by atoms with Gasteiger partial charge in [-0.3, -0.25) is 4.79 Å². The number of nitrogens with zero attached hydrogens (tertiary/aromatic N) is 2. The maximum absolute atomic E-state index is 13.1. The minimum Gasteiger partial charge on any atom is -0.454 e. The molecule has 0 spiro atoms. The molecule has 2 heterocycles. The summed E-state index contributed by atoms with van der Waals surface area (Å²) in [4.78, 5) is 12.4. The Bertz CT molecular complexity index is 1050. The summed E-state index contributed by atoms with van der Waals surface area (Å²) >= 11 is 7.02. The van der Waals surface area contributed by atoms with Crippen molar-refractivity contribution >= 4 is 35.0 Å². The lowest BCUT2D eigenvalue weighted by atomic mass is 10.2. The molecule has 0 saturated heterocycles. The van der Waals surface area contributed by atoms with Gasteiger partial charge in [0.1, 0.15) is 5.82 Å². The van der Waals surface area contributed by atoms with Crippen LogP contribution < -0.4 is 14.8 Å². The molecule has 1 unspecified atom stereocenters. The summed E-state index contributed by atoms with van der Waals surface area (Å²) in [6.07, 6.45) is 0. The summed E-state index contributed by atoms with van der Waals surface area (Å²) in [6, 6.07) is 9.03. The number of benzene rings is 2. The average molecular weight is 422 g/mol. The first-order chi connectivity index (χ1) is 13.5. The highest BCUT2D eigenvalue weighted by molar-refractivity contribution is 8.00. The zero-order valence-corrected chi connectivity index (χ0v) is 16.0. The van der Waals surface area contributed by atoms with E-state index in [9.17, 15) is 9.18 Å². The van der Waals surface area contributed by atoms with Crippen molar-refractivity contribution in [1.29, 1.82) is 0 Å². The molecular formula is C18H13ClFN3O4S. The number of rotatable bonds is 5. The van der Waals surface area contributed by atoms with Crippen LogP contribution in [-0.2, 0) is 4.79 Å². The van der Waals surface area contributed by atoms with Gasteiger partial charge in [0.25, 0.3) is 5.22 Å². The lowest BCUT2D eigenvalue weighted by Gasteiger charge is -2.11. The van der Waals surface area contributed by atoms with Crippen LogP contribution >= 0.6 is 23.4 Å². The molecule has 0 radical (unpaired) electrons. The van der Waals surface area contributed by atoms with Gasteiger partial charge in [-0.1, -0.05) is 23.4 Å². The second kappa shape index (κ2) is 7.69. The molecule has 1 aliphatic rings. The monoisotopic (exact) mass is 421 g/mol. The number of hydrogen-bond donors (Lipinski definition) is 1. The van der Waals surface area contributed by atoms with Crippen LogP contribution in [-0.4, -0.2) is 28.1 Å². The summed E-state index contributed by atoms with van der Waals surface area (Å²) < 4.78 is 29.3. The average Bonchev–Trinajstić information content (AvgIpc) is 3.32. The van der Waals surface area contributed by atoms with Gasteiger partial charge in [-0.2, -0.15) is 0 Å². The Labute approximate surface area is 168 Å². The van der Waals surface area contributed by atoms with Crippen LogP contribution in [0.3, 0.4) is 0 Å². The smallest absolute Gasteiger partial charge is 0.277 e. The van der Waals surface area contributed by atoms with Gasteiger partial charge >= 0.3 is 0 Å². The molecule has 144 valence electrons. The highest BCUT2D eigenvalue weighted by Crippen LogP contribution is 2.36. The number of anilines is 1. The lowest BCUT2D eigenvalue weighted by Crippen LogP contribution is -2.22. The number of nitrogens with one attached hydrogen (secondary N) is 1. The van der Waals surface area contributed by atoms with Crippen LogP contribution in [0.4, 0.5) is 10.1 Å². The number of halogens is 2. The van der Waals surface area contributed by atoms with E-state index in [0.717, 1.165) is 17.8 Å². The minimum absolute atomic E-state index is 0.119. The number of carbonyl (C=O) groups excluding carboxylic acids is 1. The molecule has 1 amide bonds. The van der Waals surface area contributed by atoms with E-state index in [-0.39, 0.29) is 22.9 Å². The van der Waals surface area contributed by atoms with Gasteiger partial charge in [-0.25, -0.2) is 4.39 Å². The Morgan fingerprint density at radius 2 is 2.04 bits per heavy atom. The van der Waals surface area contributed by atoms with E-state index in [2.05, 4.69) is 15.5 Å². The van der Waals surface area contributed by atoms with Gasteiger partial charge in [0.15, 0.2) is 11.5 Å². The summed E-state index contributed by atoms with van der Waals surface area (Å²) in [6.45, 7) is 1.86. The van der Waals surface area contributed by atoms with E-state index >= 15 is 0 Å². The summed E-state index contributed by atoms with van der Waals surface area (Å²) in [5.41, 5.74) is 1.01. The zero-order chi connectivity index (χ0) is 19.7. The molecule has 1 N–H and O–H groups in total. The molecule has 3 aromatic rings. The molecule has 1 aromatic heterocycles. The number of aromatic nitrogens is 2. The van der Waals surface area contributed by atoms with E-state index in [4.69, 9.17) is 25.5 Å². The normalized spacial score (nSPS) is 13.4. The fourth-order valence-corrected chi connectivity index (χ4v) is 3.33. The van der Waals surface area contributed by atoms with Crippen molar-refractivity contribution in [3.8, 4) is 23.0 Å². The highest BCUT2D eigenvalue weighted by atomic mass is 35.5. The van der Waals surface area contributed by atoms with E-state index in [1.165, 1.54) is 12.1 Å². The van der Waals surface area contributed by atoms with Crippen molar-refractivity contribution in [2.75, 3.05) is 12.1 Å². The Balaban J connectivity index is 1.42. The summed E-state index contributed by atoms with van der Waals surface area (Å²) in [7, 11) is 0. The third-order valence-electron chi connectivity index (χ3n) is 3.86. The second-order valence-corrected chi connectivity index (χ2v) is 7.51. The molecule has 0 bridgehead atoms. The molecule has 7 nitrogen and oxygen atoms in total. The Hall–Kier alpha value is -2.78. The number of hydrogen-bond acceptors (Lipinski definition) is 7. The molecule has 2 aromatic carbocycles. The van der Waals surface area contributed by atoms with Crippen LogP contribution in [0.25, 0.3) is 11.5 Å². The maximum Gasteiger partial charge on any atom is 0.277 e. The van der Waals surface area contributed by atoms with Crippen molar-refractivity contribution in [3.05, 3.63) is 47.2 Å². The first kappa shape index (κ1) is 18.6. The molecule has 10 heteroatoms. The Morgan fingerprint density at radius 1 is 1.21 bits per heavy atom. The minimum atomic E-state index is -0.550. The third kappa shape index (κ3) is 3.90. The molecular weight excluding hydrogens is 409 g/mol. The predicted molar refractivity (Wildman–Crippen MR) is 101 cm³/mol. The Morgan fingerprint density at radius 3 is 2.86 bits per heavy atom. The molecule has 0 fully saturated rings. The van der Waals surface area contributed by atoms with Crippen LogP contribution in [0, 0.1) is 5.82 Å². The number of amides is 1. The summed E-state index contributed by atoms with van der Waals surface area (Å²) in [5.74, 6) is 0.750. The topological polar surface area (TPSA) is 86.5 Å². The van der Waals surface area contributed by atoms with Crippen LogP contribution in [0.1, 0.15) is 6.92 Å². The van der Waals surface area contributed by atoms with Crippen molar-refractivity contribution < 1.29 is 23.1 Å². The van der Waals surface area contributed by atoms with Crippen molar-refractivity contribution in [1.82, 2.24) is 10.2 Å². The molecule has 1 aliphatic heterocycles. The largest absolute Gasteiger partial charge is 0.454 e. The van der Waals surface area contributed by atoms with E-state index in [0.29, 0.717) is 28.6 Å². The molecule has 4 rings (SSSR count). The molecule has 0 aliphatic carbocycles. The number of ether oxygens (including phenoxy) is 2. The van der Waals surface area contributed by atoms with Crippen LogP contribution in [0.5, 0.6) is 11.5 Å². The van der Waals surface area contributed by atoms with Crippen molar-refractivity contribution in [2.24, 2.45) is 0 Å². The zero-order valence-electron chi connectivity index (χ0n) is 14.4. The third-order valence-corrected chi connectivity index (χ3v) is 5.11. The van der Waals surface area contributed by atoms with Gasteiger partial charge in [0, 0.05) is 5.56 Å². The predicted octanol–water partition coefficient (Wildman–Crippen LogP) is 4.38. The van der Waals surface area contributed by atoms with Crippen LogP contribution in [0.2, 0.25) is 5.02 Å².